The molecule has 0 aromatic heterocycles. The highest BCUT2D eigenvalue weighted by atomic mass is 16.5. The van der Waals surface area contributed by atoms with E-state index >= 15 is 0 Å². The Morgan fingerprint density at radius 2 is 1.71 bits per heavy atom. The van der Waals surface area contributed by atoms with Crippen LogP contribution in [0.4, 0.5) is 0 Å². The van der Waals surface area contributed by atoms with Crippen molar-refractivity contribution in [1.82, 2.24) is 5.32 Å². The molecule has 3 heteroatoms. The van der Waals surface area contributed by atoms with E-state index < -0.39 is 0 Å². The molecule has 1 aliphatic rings. The van der Waals surface area contributed by atoms with Gasteiger partial charge in [-0.2, -0.15) is 0 Å². The van der Waals surface area contributed by atoms with Gasteiger partial charge in [-0.25, -0.2) is 0 Å². The average Bonchev–Trinajstić information content (AvgIpc) is 2.61. The molecule has 2 rings (SSSR count). The second-order valence-corrected chi connectivity index (χ2v) is 10.5. The molecule has 0 heterocycles. The topological polar surface area (TPSA) is 38.3 Å². The quantitative estimate of drug-likeness (QED) is 0.565. The highest BCUT2D eigenvalue weighted by Gasteiger charge is 2.33. The van der Waals surface area contributed by atoms with Crippen molar-refractivity contribution in [3.63, 3.8) is 0 Å². The van der Waals surface area contributed by atoms with Crippen LogP contribution in [0.25, 0.3) is 0 Å². The monoisotopic (exact) mass is 387 g/mol. The lowest BCUT2D eigenvalue weighted by Crippen LogP contribution is -2.45. The van der Waals surface area contributed by atoms with Crippen molar-refractivity contribution in [2.24, 2.45) is 16.7 Å². The third-order valence-electron chi connectivity index (χ3n) is 6.45. The average molecular weight is 388 g/mol. The van der Waals surface area contributed by atoms with E-state index in [1.165, 1.54) is 18.4 Å². The molecule has 0 spiro atoms. The minimum Gasteiger partial charge on any atom is -0.493 e. The Kier molecular flexibility index (Phi) is 7.59. The van der Waals surface area contributed by atoms with Gasteiger partial charge < -0.3 is 10.1 Å². The van der Waals surface area contributed by atoms with Crippen molar-refractivity contribution < 1.29 is 9.53 Å². The number of amides is 1. The Labute approximate surface area is 172 Å². The second-order valence-electron chi connectivity index (χ2n) is 10.5. The zero-order chi connectivity index (χ0) is 20.9. The number of nitrogens with one attached hydrogen (secondary N) is 1. The van der Waals surface area contributed by atoms with Crippen LogP contribution in [0.1, 0.15) is 84.3 Å². The van der Waals surface area contributed by atoms with E-state index in [0.29, 0.717) is 18.1 Å². The zero-order valence-corrected chi connectivity index (χ0v) is 19.2. The van der Waals surface area contributed by atoms with Crippen LogP contribution in [-0.4, -0.2) is 18.6 Å². The lowest BCUT2D eigenvalue weighted by Gasteiger charge is -2.38. The highest BCUT2D eigenvalue weighted by molar-refractivity contribution is 5.82. The molecule has 3 nitrogen and oxygen atoms in total. The van der Waals surface area contributed by atoms with Crippen LogP contribution in [-0.2, 0) is 4.79 Å². The van der Waals surface area contributed by atoms with Gasteiger partial charge in [-0.05, 0) is 80.9 Å². The SMILES string of the molecule is Cc1ccc(C)c(OCCCC(C)(C)C(=O)NC2CCC(C(C)(C)C)CC2)c1. The first-order chi connectivity index (χ1) is 13.0. The van der Waals surface area contributed by atoms with Crippen LogP contribution >= 0.6 is 0 Å². The molecule has 1 amide bonds. The van der Waals surface area contributed by atoms with Crippen molar-refractivity contribution in [3.05, 3.63) is 29.3 Å². The molecule has 0 atom stereocenters. The van der Waals surface area contributed by atoms with Gasteiger partial charge in [0.2, 0.25) is 5.91 Å². The Morgan fingerprint density at radius 1 is 1.07 bits per heavy atom. The zero-order valence-electron chi connectivity index (χ0n) is 19.2. The van der Waals surface area contributed by atoms with Crippen molar-refractivity contribution in [2.45, 2.75) is 93.0 Å². The maximum atomic E-state index is 12.8. The normalized spacial score (nSPS) is 20.7. The number of hydrogen-bond acceptors (Lipinski definition) is 2. The van der Waals surface area contributed by atoms with Crippen LogP contribution in [0.5, 0.6) is 5.75 Å². The van der Waals surface area contributed by atoms with E-state index in [9.17, 15) is 4.79 Å². The molecule has 1 fully saturated rings. The van der Waals surface area contributed by atoms with Crippen molar-refractivity contribution >= 4 is 5.91 Å². The fourth-order valence-electron chi connectivity index (χ4n) is 4.16. The summed E-state index contributed by atoms with van der Waals surface area (Å²) in [5, 5.41) is 3.33. The Hall–Kier alpha value is -1.51. The number of carbonyl (C=O) groups excluding carboxylic acids is 1. The molecule has 0 unspecified atom stereocenters. The molecule has 28 heavy (non-hydrogen) atoms. The number of benzene rings is 1. The van der Waals surface area contributed by atoms with Gasteiger partial charge in [0, 0.05) is 11.5 Å². The molecule has 0 saturated heterocycles. The molecule has 0 aliphatic heterocycles. The largest absolute Gasteiger partial charge is 0.493 e. The molecule has 0 bridgehead atoms. The van der Waals surface area contributed by atoms with Gasteiger partial charge in [0.05, 0.1) is 6.61 Å². The summed E-state index contributed by atoms with van der Waals surface area (Å²) in [5.41, 5.74) is 2.39. The summed E-state index contributed by atoms with van der Waals surface area (Å²) < 4.78 is 5.95. The summed E-state index contributed by atoms with van der Waals surface area (Å²) in [4.78, 5) is 12.8. The predicted octanol–water partition coefficient (Wildman–Crippen LogP) is 6.21. The number of aryl methyl sites for hydroxylation is 2. The first kappa shape index (κ1) is 22.8. The van der Waals surface area contributed by atoms with E-state index in [1.54, 1.807) is 0 Å². The highest BCUT2D eigenvalue weighted by Crippen LogP contribution is 2.38. The van der Waals surface area contributed by atoms with Gasteiger partial charge in [0.1, 0.15) is 5.75 Å². The Morgan fingerprint density at radius 3 is 2.32 bits per heavy atom. The maximum absolute atomic E-state index is 12.8. The second kappa shape index (κ2) is 9.33. The van der Waals surface area contributed by atoms with Gasteiger partial charge in [-0.15, -0.1) is 0 Å². The molecule has 1 aromatic carbocycles. The van der Waals surface area contributed by atoms with Crippen molar-refractivity contribution in [2.75, 3.05) is 6.61 Å². The third kappa shape index (κ3) is 6.53. The number of hydrogen-bond donors (Lipinski definition) is 1. The lowest BCUT2D eigenvalue weighted by molar-refractivity contribution is -0.130. The molecule has 1 aliphatic carbocycles. The van der Waals surface area contributed by atoms with Crippen LogP contribution < -0.4 is 10.1 Å². The Bertz CT molecular complexity index is 649. The third-order valence-corrected chi connectivity index (χ3v) is 6.45. The summed E-state index contributed by atoms with van der Waals surface area (Å²) in [6, 6.07) is 6.62. The molecule has 158 valence electrons. The fraction of sp³-hybridized carbons (Fsp3) is 0.720. The van der Waals surface area contributed by atoms with Crippen LogP contribution in [0.2, 0.25) is 0 Å². The fourth-order valence-corrected chi connectivity index (χ4v) is 4.16. The van der Waals surface area contributed by atoms with E-state index in [-0.39, 0.29) is 11.3 Å². The summed E-state index contributed by atoms with van der Waals surface area (Å²) in [5.74, 6) is 1.92. The molecular formula is C25H41NO2. The Balaban J connectivity index is 1.74. The van der Waals surface area contributed by atoms with Gasteiger partial charge in [-0.3, -0.25) is 4.79 Å². The molecule has 0 radical (unpaired) electrons. The first-order valence-electron chi connectivity index (χ1n) is 11.0. The van der Waals surface area contributed by atoms with E-state index in [0.717, 1.165) is 42.9 Å². The van der Waals surface area contributed by atoms with E-state index in [1.807, 2.05) is 0 Å². The van der Waals surface area contributed by atoms with E-state index in [4.69, 9.17) is 4.74 Å². The number of rotatable bonds is 7. The van der Waals surface area contributed by atoms with Crippen molar-refractivity contribution in [3.8, 4) is 5.75 Å². The molecule has 1 aromatic rings. The predicted molar refractivity (Wildman–Crippen MR) is 118 cm³/mol. The van der Waals surface area contributed by atoms with E-state index in [2.05, 4.69) is 72.0 Å². The van der Waals surface area contributed by atoms with Gasteiger partial charge in [0.25, 0.3) is 0 Å². The molecule has 1 N–H and O–H groups in total. The first-order valence-corrected chi connectivity index (χ1v) is 11.0. The van der Waals surface area contributed by atoms with Crippen molar-refractivity contribution in [1.29, 1.82) is 0 Å². The lowest BCUT2D eigenvalue weighted by atomic mass is 9.71. The van der Waals surface area contributed by atoms with Crippen LogP contribution in [0, 0.1) is 30.6 Å². The number of ether oxygens (including phenoxy) is 1. The van der Waals surface area contributed by atoms with Gasteiger partial charge in [-0.1, -0.05) is 46.8 Å². The molecule has 1 saturated carbocycles. The molecular weight excluding hydrogens is 346 g/mol. The summed E-state index contributed by atoms with van der Waals surface area (Å²) in [6.07, 6.45) is 6.38. The summed E-state index contributed by atoms with van der Waals surface area (Å²) in [7, 11) is 0. The number of carbonyl (C=O) groups is 1. The smallest absolute Gasteiger partial charge is 0.225 e. The summed E-state index contributed by atoms with van der Waals surface area (Å²) in [6.45, 7) is 15.9. The minimum absolute atomic E-state index is 0.193. The maximum Gasteiger partial charge on any atom is 0.225 e. The minimum atomic E-state index is -0.355. The summed E-state index contributed by atoms with van der Waals surface area (Å²) >= 11 is 0. The standard InChI is InChI=1S/C25H41NO2/c1-18-9-10-19(2)22(17-18)28-16-8-15-25(6,7)23(27)26-21-13-11-20(12-14-21)24(3,4)5/h9-10,17,20-21H,8,11-16H2,1-7H3,(H,26,27). The van der Waals surface area contributed by atoms with Gasteiger partial charge >= 0.3 is 0 Å². The van der Waals surface area contributed by atoms with Crippen LogP contribution in [0.15, 0.2) is 18.2 Å². The van der Waals surface area contributed by atoms with Crippen LogP contribution in [0.3, 0.4) is 0 Å². The van der Waals surface area contributed by atoms with Gasteiger partial charge in [0.15, 0.2) is 0 Å².